The molecule has 1 aliphatic heterocycles. The summed E-state index contributed by atoms with van der Waals surface area (Å²) in [6.07, 6.45) is 0. The zero-order valence-electron chi connectivity index (χ0n) is 11.7. The van der Waals surface area contributed by atoms with Crippen LogP contribution >= 0.6 is 11.6 Å². The van der Waals surface area contributed by atoms with E-state index in [1.165, 1.54) is 16.4 Å². The van der Waals surface area contributed by atoms with Crippen LogP contribution in [0.4, 0.5) is 0 Å². The topological polar surface area (TPSA) is 83.7 Å². The van der Waals surface area contributed by atoms with Gasteiger partial charge in [-0.25, -0.2) is 8.42 Å². The summed E-state index contributed by atoms with van der Waals surface area (Å²) in [5, 5.41) is 0.494. The van der Waals surface area contributed by atoms with Gasteiger partial charge in [-0.05, 0) is 31.2 Å². The summed E-state index contributed by atoms with van der Waals surface area (Å²) < 4.78 is 26.4. The predicted molar refractivity (Wildman–Crippen MR) is 80.4 cm³/mol. The van der Waals surface area contributed by atoms with Crippen molar-refractivity contribution in [3.63, 3.8) is 0 Å². The van der Waals surface area contributed by atoms with Crippen LogP contribution in [0.15, 0.2) is 29.2 Å². The number of carbonyl (C=O) groups is 1. The molecule has 6 nitrogen and oxygen atoms in total. The lowest BCUT2D eigenvalue weighted by Crippen LogP contribution is -2.54. The van der Waals surface area contributed by atoms with E-state index in [4.69, 9.17) is 17.3 Å². The Hall–Kier alpha value is -1.15. The van der Waals surface area contributed by atoms with Crippen molar-refractivity contribution < 1.29 is 13.2 Å². The molecule has 0 aromatic heterocycles. The number of nitrogens with zero attached hydrogens (tertiary/aromatic N) is 2. The Morgan fingerprint density at radius 1 is 1.19 bits per heavy atom. The van der Waals surface area contributed by atoms with E-state index in [1.54, 1.807) is 19.1 Å². The molecular formula is C13H18ClN3O3S. The maximum absolute atomic E-state index is 12.5. The van der Waals surface area contributed by atoms with Crippen LogP contribution in [0.25, 0.3) is 0 Å². The van der Waals surface area contributed by atoms with Gasteiger partial charge in [0.1, 0.15) is 0 Å². The van der Waals surface area contributed by atoms with Gasteiger partial charge < -0.3 is 5.73 Å². The summed E-state index contributed by atoms with van der Waals surface area (Å²) in [5.41, 5.74) is 5.27. The summed E-state index contributed by atoms with van der Waals surface area (Å²) in [4.78, 5) is 13.3. The Morgan fingerprint density at radius 3 is 2.19 bits per heavy atom. The number of sulfonamides is 1. The summed E-state index contributed by atoms with van der Waals surface area (Å²) in [5.74, 6) is -0.399. The fourth-order valence-corrected chi connectivity index (χ4v) is 3.81. The van der Waals surface area contributed by atoms with E-state index in [1.807, 2.05) is 4.90 Å². The lowest BCUT2D eigenvalue weighted by molar-refractivity contribution is -0.123. The van der Waals surface area contributed by atoms with Crippen LogP contribution in [-0.2, 0) is 14.8 Å². The van der Waals surface area contributed by atoms with Gasteiger partial charge in [-0.15, -0.1) is 0 Å². The molecule has 0 saturated carbocycles. The van der Waals surface area contributed by atoms with Crippen molar-refractivity contribution in [2.75, 3.05) is 26.2 Å². The average Bonchev–Trinajstić information content (AvgIpc) is 2.47. The number of halogens is 1. The van der Waals surface area contributed by atoms with Crippen LogP contribution in [0.1, 0.15) is 6.92 Å². The number of amides is 1. The van der Waals surface area contributed by atoms with Crippen molar-refractivity contribution in [3.8, 4) is 0 Å². The first-order chi connectivity index (χ1) is 9.82. The normalized spacial score (nSPS) is 19.3. The number of hydrogen-bond donors (Lipinski definition) is 1. The number of hydrogen-bond acceptors (Lipinski definition) is 4. The van der Waals surface area contributed by atoms with Gasteiger partial charge in [0, 0.05) is 31.2 Å². The van der Waals surface area contributed by atoms with Crippen LogP contribution in [0.5, 0.6) is 0 Å². The minimum absolute atomic E-state index is 0.225. The molecule has 2 N–H and O–H groups in total. The molecule has 1 aromatic rings. The number of rotatable bonds is 4. The van der Waals surface area contributed by atoms with Gasteiger partial charge in [0.05, 0.1) is 10.9 Å². The Labute approximate surface area is 129 Å². The average molecular weight is 332 g/mol. The lowest BCUT2D eigenvalue weighted by atomic mass is 10.2. The number of primary amides is 1. The van der Waals surface area contributed by atoms with Crippen molar-refractivity contribution in [3.05, 3.63) is 29.3 Å². The minimum Gasteiger partial charge on any atom is -0.368 e. The van der Waals surface area contributed by atoms with Crippen LogP contribution < -0.4 is 5.73 Å². The second kappa shape index (κ2) is 6.31. The number of piperazine rings is 1. The van der Waals surface area contributed by atoms with Crippen molar-refractivity contribution >= 4 is 27.5 Å². The van der Waals surface area contributed by atoms with E-state index < -0.39 is 15.9 Å². The molecule has 1 aliphatic rings. The molecule has 1 heterocycles. The van der Waals surface area contributed by atoms with Gasteiger partial charge in [0.15, 0.2) is 0 Å². The second-order valence-electron chi connectivity index (χ2n) is 4.97. The van der Waals surface area contributed by atoms with Crippen molar-refractivity contribution in [2.24, 2.45) is 5.73 Å². The maximum atomic E-state index is 12.5. The molecule has 1 fully saturated rings. The van der Waals surface area contributed by atoms with Crippen LogP contribution in [0.2, 0.25) is 5.02 Å². The van der Waals surface area contributed by atoms with Gasteiger partial charge in [0.25, 0.3) is 0 Å². The fraction of sp³-hybridized carbons (Fsp3) is 0.462. The zero-order chi connectivity index (χ0) is 15.6. The molecule has 0 spiro atoms. The van der Waals surface area contributed by atoms with Gasteiger partial charge in [-0.3, -0.25) is 9.69 Å². The van der Waals surface area contributed by atoms with Crippen molar-refractivity contribution in [1.82, 2.24) is 9.21 Å². The monoisotopic (exact) mass is 331 g/mol. The van der Waals surface area contributed by atoms with Crippen LogP contribution in [0, 0.1) is 0 Å². The van der Waals surface area contributed by atoms with E-state index >= 15 is 0 Å². The van der Waals surface area contributed by atoms with Gasteiger partial charge in [-0.2, -0.15) is 4.31 Å². The highest BCUT2D eigenvalue weighted by Crippen LogP contribution is 2.20. The molecule has 1 atom stereocenters. The highest BCUT2D eigenvalue weighted by molar-refractivity contribution is 7.89. The van der Waals surface area contributed by atoms with Gasteiger partial charge in [0.2, 0.25) is 15.9 Å². The molecule has 1 amide bonds. The van der Waals surface area contributed by atoms with E-state index in [2.05, 4.69) is 0 Å². The van der Waals surface area contributed by atoms with Crippen molar-refractivity contribution in [1.29, 1.82) is 0 Å². The molecule has 1 aromatic carbocycles. The first-order valence-corrected chi connectivity index (χ1v) is 8.43. The molecule has 0 aliphatic carbocycles. The van der Waals surface area contributed by atoms with Gasteiger partial charge >= 0.3 is 0 Å². The molecule has 2 rings (SSSR count). The number of carbonyl (C=O) groups excluding carboxylic acids is 1. The Morgan fingerprint density at radius 2 is 1.71 bits per heavy atom. The molecule has 21 heavy (non-hydrogen) atoms. The quantitative estimate of drug-likeness (QED) is 0.871. The predicted octanol–water partition coefficient (Wildman–Crippen LogP) is 0.520. The minimum atomic E-state index is -3.52. The highest BCUT2D eigenvalue weighted by atomic mass is 35.5. The third-order valence-electron chi connectivity index (χ3n) is 3.68. The molecule has 8 heteroatoms. The zero-order valence-corrected chi connectivity index (χ0v) is 13.3. The van der Waals surface area contributed by atoms with E-state index in [-0.39, 0.29) is 10.9 Å². The maximum Gasteiger partial charge on any atom is 0.243 e. The standard InChI is InChI=1S/C13H18ClN3O3S/c1-10(13(15)18)16-6-8-17(9-7-16)21(19,20)12-4-2-11(14)3-5-12/h2-5,10H,6-9H2,1H3,(H2,15,18). The molecule has 0 radical (unpaired) electrons. The molecule has 0 bridgehead atoms. The summed E-state index contributed by atoms with van der Waals surface area (Å²) >= 11 is 5.77. The first-order valence-electron chi connectivity index (χ1n) is 6.61. The number of nitrogens with two attached hydrogens (primary N) is 1. The molecular weight excluding hydrogens is 314 g/mol. The second-order valence-corrected chi connectivity index (χ2v) is 7.35. The third-order valence-corrected chi connectivity index (χ3v) is 5.85. The largest absolute Gasteiger partial charge is 0.368 e. The SMILES string of the molecule is CC(C(N)=O)N1CCN(S(=O)(=O)c2ccc(Cl)cc2)CC1. The summed E-state index contributed by atoms with van der Waals surface area (Å²) in [6.45, 7) is 3.37. The van der Waals surface area contributed by atoms with Gasteiger partial charge in [-0.1, -0.05) is 11.6 Å². The Balaban J connectivity index is 2.07. The Bertz CT molecular complexity index is 610. The van der Waals surface area contributed by atoms with E-state index in [0.717, 1.165) is 0 Å². The van der Waals surface area contributed by atoms with Crippen LogP contribution in [-0.4, -0.2) is 55.8 Å². The summed E-state index contributed by atoms with van der Waals surface area (Å²) in [6, 6.07) is 5.72. The summed E-state index contributed by atoms with van der Waals surface area (Å²) in [7, 11) is -3.52. The third kappa shape index (κ3) is 3.55. The lowest BCUT2D eigenvalue weighted by Gasteiger charge is -2.36. The van der Waals surface area contributed by atoms with Crippen molar-refractivity contribution in [2.45, 2.75) is 17.9 Å². The molecule has 1 unspecified atom stereocenters. The molecule has 116 valence electrons. The smallest absolute Gasteiger partial charge is 0.243 e. The Kier molecular flexibility index (Phi) is 4.88. The molecule has 1 saturated heterocycles. The van der Waals surface area contributed by atoms with Crippen LogP contribution in [0.3, 0.4) is 0 Å². The number of benzene rings is 1. The fourth-order valence-electron chi connectivity index (χ4n) is 2.27. The first kappa shape index (κ1) is 16.2. The van der Waals surface area contributed by atoms with E-state index in [0.29, 0.717) is 31.2 Å². The van der Waals surface area contributed by atoms with E-state index in [9.17, 15) is 13.2 Å². The highest BCUT2D eigenvalue weighted by Gasteiger charge is 2.31.